The Balaban J connectivity index is 0.00000196. The van der Waals surface area contributed by atoms with Crippen LogP contribution in [0.1, 0.15) is 29.5 Å². The molecule has 0 spiro atoms. The third kappa shape index (κ3) is 3.84. The summed E-state index contributed by atoms with van der Waals surface area (Å²) in [6, 6.07) is 9.67. The van der Waals surface area contributed by atoms with Gasteiger partial charge in [0.2, 0.25) is 5.91 Å². The van der Waals surface area contributed by atoms with Gasteiger partial charge in [-0.1, -0.05) is 35.3 Å². The van der Waals surface area contributed by atoms with E-state index in [2.05, 4.69) is 10.3 Å². The second kappa shape index (κ2) is 8.13. The number of benzene rings is 1. The molecule has 1 saturated heterocycles. The van der Waals surface area contributed by atoms with Crippen LogP contribution in [0.3, 0.4) is 0 Å². The molecule has 3 unspecified atom stereocenters. The van der Waals surface area contributed by atoms with Crippen LogP contribution in [0.4, 0.5) is 0 Å². The molecule has 0 radical (unpaired) electrons. The molecule has 1 aliphatic carbocycles. The lowest BCUT2D eigenvalue weighted by Gasteiger charge is -2.36. The van der Waals surface area contributed by atoms with E-state index >= 15 is 0 Å². The van der Waals surface area contributed by atoms with Crippen molar-refractivity contribution in [1.82, 2.24) is 15.2 Å². The number of carbonyl (C=O) groups excluding carboxylic acids is 1. The number of nitrogens with one attached hydrogen (secondary N) is 1. The maximum absolute atomic E-state index is 13.1. The van der Waals surface area contributed by atoms with Crippen molar-refractivity contribution >= 4 is 41.5 Å². The number of aromatic nitrogens is 1. The molecule has 4 rings (SSSR count). The van der Waals surface area contributed by atoms with Gasteiger partial charge in [-0.25, -0.2) is 0 Å². The monoisotopic (exact) mass is 411 g/mol. The molecule has 1 aromatic carbocycles. The number of hydrogen-bond acceptors (Lipinski definition) is 3. The number of nitrogens with zero attached hydrogens (tertiary/aromatic N) is 2. The van der Waals surface area contributed by atoms with Crippen molar-refractivity contribution in [2.24, 2.45) is 5.92 Å². The zero-order chi connectivity index (χ0) is 17.4. The van der Waals surface area contributed by atoms with Crippen molar-refractivity contribution in [2.45, 2.75) is 18.4 Å². The first-order valence-electron chi connectivity index (χ1n) is 8.51. The van der Waals surface area contributed by atoms with Crippen LogP contribution in [-0.4, -0.2) is 35.4 Å². The molecule has 138 valence electrons. The van der Waals surface area contributed by atoms with Crippen molar-refractivity contribution in [3.63, 3.8) is 0 Å². The average molecular weight is 413 g/mol. The minimum absolute atomic E-state index is 0. The normalized spacial score (nSPS) is 24.7. The average Bonchev–Trinajstić information content (AvgIpc) is 3.45. The van der Waals surface area contributed by atoms with Crippen molar-refractivity contribution in [2.75, 3.05) is 19.6 Å². The maximum Gasteiger partial charge on any atom is 0.226 e. The summed E-state index contributed by atoms with van der Waals surface area (Å²) in [5.41, 5.74) is 2.18. The second-order valence-corrected chi connectivity index (χ2v) is 7.47. The number of hydrogen-bond donors (Lipinski definition) is 1. The van der Waals surface area contributed by atoms with E-state index < -0.39 is 0 Å². The summed E-state index contributed by atoms with van der Waals surface area (Å²) in [7, 11) is 0. The molecule has 2 aliphatic rings. The number of rotatable bonds is 3. The van der Waals surface area contributed by atoms with E-state index in [0.717, 1.165) is 37.2 Å². The highest BCUT2D eigenvalue weighted by atomic mass is 35.5. The van der Waals surface area contributed by atoms with Crippen LogP contribution in [0.15, 0.2) is 42.7 Å². The van der Waals surface area contributed by atoms with Gasteiger partial charge >= 0.3 is 0 Å². The van der Waals surface area contributed by atoms with Crippen molar-refractivity contribution in [3.8, 4) is 0 Å². The van der Waals surface area contributed by atoms with E-state index in [1.54, 1.807) is 6.20 Å². The number of amides is 1. The van der Waals surface area contributed by atoms with Crippen LogP contribution in [-0.2, 0) is 4.79 Å². The van der Waals surface area contributed by atoms with Gasteiger partial charge in [0, 0.05) is 37.9 Å². The molecular weight excluding hydrogens is 393 g/mol. The Morgan fingerprint density at radius 1 is 1.19 bits per heavy atom. The summed E-state index contributed by atoms with van der Waals surface area (Å²) >= 11 is 12.1. The topological polar surface area (TPSA) is 45.2 Å². The smallest absolute Gasteiger partial charge is 0.226 e. The standard InChI is InChI=1S/C19H19Cl2N3O.ClH/c20-16-4-3-12(8-17(16)21)14-9-15(14)19(25)24-7-6-23-11-18(24)13-2-1-5-22-10-13;/h1-5,8,10,14-15,18,23H,6-7,9,11H2;1H. The fraction of sp³-hybridized carbons (Fsp3) is 0.368. The van der Waals surface area contributed by atoms with Crippen molar-refractivity contribution < 1.29 is 4.79 Å². The molecule has 2 fully saturated rings. The molecule has 26 heavy (non-hydrogen) atoms. The minimum atomic E-state index is 0. The number of piperazine rings is 1. The predicted molar refractivity (Wildman–Crippen MR) is 106 cm³/mol. The lowest BCUT2D eigenvalue weighted by Crippen LogP contribution is -2.49. The first kappa shape index (κ1) is 19.4. The van der Waals surface area contributed by atoms with E-state index in [0.29, 0.717) is 10.0 Å². The summed E-state index contributed by atoms with van der Waals surface area (Å²) in [6.45, 7) is 2.32. The first-order chi connectivity index (χ1) is 12.1. The highest BCUT2D eigenvalue weighted by molar-refractivity contribution is 6.42. The molecule has 4 nitrogen and oxygen atoms in total. The molecule has 1 N–H and O–H groups in total. The minimum Gasteiger partial charge on any atom is -0.333 e. The Labute approximate surface area is 169 Å². The van der Waals surface area contributed by atoms with Crippen LogP contribution in [0.25, 0.3) is 0 Å². The van der Waals surface area contributed by atoms with Gasteiger partial charge in [-0.2, -0.15) is 0 Å². The Morgan fingerprint density at radius 3 is 2.77 bits per heavy atom. The summed E-state index contributed by atoms with van der Waals surface area (Å²) in [6.07, 6.45) is 4.48. The first-order valence-corrected chi connectivity index (χ1v) is 9.27. The summed E-state index contributed by atoms with van der Waals surface area (Å²) in [4.78, 5) is 19.3. The maximum atomic E-state index is 13.1. The Bertz CT molecular complexity index is 787. The van der Waals surface area contributed by atoms with Gasteiger partial charge < -0.3 is 10.2 Å². The summed E-state index contributed by atoms with van der Waals surface area (Å²) in [5.74, 6) is 0.507. The van der Waals surface area contributed by atoms with Gasteiger partial charge in [0.25, 0.3) is 0 Å². The van der Waals surface area contributed by atoms with Crippen LogP contribution >= 0.6 is 35.6 Å². The zero-order valence-corrected chi connectivity index (χ0v) is 16.4. The van der Waals surface area contributed by atoms with E-state index in [-0.39, 0.29) is 36.2 Å². The lowest BCUT2D eigenvalue weighted by atomic mass is 10.0. The quantitative estimate of drug-likeness (QED) is 0.826. The third-order valence-electron chi connectivity index (χ3n) is 5.08. The van der Waals surface area contributed by atoms with Crippen LogP contribution in [0.5, 0.6) is 0 Å². The highest BCUT2D eigenvalue weighted by Gasteiger charge is 2.47. The molecule has 2 heterocycles. The van der Waals surface area contributed by atoms with Gasteiger partial charge in [0.15, 0.2) is 0 Å². The molecule has 1 aliphatic heterocycles. The van der Waals surface area contributed by atoms with Crippen LogP contribution in [0, 0.1) is 5.92 Å². The summed E-state index contributed by atoms with van der Waals surface area (Å²) in [5, 5.41) is 4.48. The van der Waals surface area contributed by atoms with Crippen LogP contribution in [0.2, 0.25) is 10.0 Å². The van der Waals surface area contributed by atoms with Gasteiger partial charge in [0.1, 0.15) is 0 Å². The van der Waals surface area contributed by atoms with E-state index in [1.807, 2.05) is 41.4 Å². The Hall–Kier alpha value is -1.33. The molecule has 1 amide bonds. The molecule has 0 bridgehead atoms. The van der Waals surface area contributed by atoms with E-state index in [1.165, 1.54) is 0 Å². The van der Waals surface area contributed by atoms with Gasteiger partial charge in [-0.05, 0) is 41.7 Å². The van der Waals surface area contributed by atoms with Crippen molar-refractivity contribution in [3.05, 3.63) is 63.9 Å². The highest BCUT2D eigenvalue weighted by Crippen LogP contribution is 2.50. The largest absolute Gasteiger partial charge is 0.333 e. The molecule has 7 heteroatoms. The zero-order valence-electron chi connectivity index (χ0n) is 14.1. The van der Waals surface area contributed by atoms with Gasteiger partial charge in [0.05, 0.1) is 16.1 Å². The Kier molecular flexibility index (Phi) is 6.08. The SMILES string of the molecule is Cl.O=C(C1CC1c1ccc(Cl)c(Cl)c1)N1CCNCC1c1cccnc1. The van der Waals surface area contributed by atoms with Gasteiger partial charge in [-0.15, -0.1) is 12.4 Å². The fourth-order valence-electron chi connectivity index (χ4n) is 3.63. The van der Waals surface area contributed by atoms with E-state index in [4.69, 9.17) is 23.2 Å². The predicted octanol–water partition coefficient (Wildman–Crippen LogP) is 4.09. The molecule has 1 saturated carbocycles. The molecule has 1 aromatic heterocycles. The number of halogens is 3. The van der Waals surface area contributed by atoms with Gasteiger partial charge in [-0.3, -0.25) is 9.78 Å². The Morgan fingerprint density at radius 2 is 2.04 bits per heavy atom. The van der Waals surface area contributed by atoms with Crippen molar-refractivity contribution in [1.29, 1.82) is 0 Å². The molecular formula is C19H20Cl3N3O. The number of carbonyl (C=O) groups is 1. The van der Waals surface area contributed by atoms with Crippen LogP contribution < -0.4 is 5.32 Å². The molecule has 2 aromatic rings. The number of pyridine rings is 1. The second-order valence-electron chi connectivity index (χ2n) is 6.66. The lowest BCUT2D eigenvalue weighted by molar-refractivity contribution is -0.136. The summed E-state index contributed by atoms with van der Waals surface area (Å²) < 4.78 is 0. The fourth-order valence-corrected chi connectivity index (χ4v) is 3.94. The molecule has 3 atom stereocenters. The van der Waals surface area contributed by atoms with E-state index in [9.17, 15) is 4.79 Å². The third-order valence-corrected chi connectivity index (χ3v) is 5.81.